The molecule has 25 heavy (non-hydrogen) atoms. The number of hydrogen-bond donors (Lipinski definition) is 1. The van der Waals surface area contributed by atoms with Gasteiger partial charge >= 0.3 is 0 Å². The van der Waals surface area contributed by atoms with Crippen LogP contribution < -0.4 is 10.1 Å². The Hall–Kier alpha value is -2.30. The number of aromatic nitrogens is 1. The predicted octanol–water partition coefficient (Wildman–Crippen LogP) is 4.47. The number of amides is 1. The molecule has 1 atom stereocenters. The first kappa shape index (κ1) is 17.5. The van der Waals surface area contributed by atoms with E-state index in [0.29, 0.717) is 17.5 Å². The number of rotatable bonds is 8. The van der Waals surface area contributed by atoms with Gasteiger partial charge in [-0.05, 0) is 49.8 Å². The van der Waals surface area contributed by atoms with E-state index < -0.39 is 0 Å². The van der Waals surface area contributed by atoms with Gasteiger partial charge in [0, 0.05) is 12.0 Å². The van der Waals surface area contributed by atoms with Crippen LogP contribution in [0.15, 0.2) is 34.9 Å². The molecule has 5 nitrogen and oxygen atoms in total. The van der Waals surface area contributed by atoms with Crippen LogP contribution in [0.3, 0.4) is 0 Å². The van der Waals surface area contributed by atoms with Gasteiger partial charge in [-0.2, -0.15) is 0 Å². The smallest absolute Gasteiger partial charge is 0.273 e. The van der Waals surface area contributed by atoms with E-state index in [2.05, 4.69) is 24.3 Å². The van der Waals surface area contributed by atoms with Crippen LogP contribution in [0.4, 0.5) is 0 Å². The Morgan fingerprint density at radius 1 is 1.28 bits per heavy atom. The number of ether oxygens (including phenoxy) is 1. The van der Waals surface area contributed by atoms with Crippen LogP contribution in [0.25, 0.3) is 0 Å². The zero-order chi connectivity index (χ0) is 17.8. The lowest BCUT2D eigenvalue weighted by molar-refractivity contribution is 0.0930. The van der Waals surface area contributed by atoms with Gasteiger partial charge in [-0.15, -0.1) is 0 Å². The lowest BCUT2D eigenvalue weighted by Crippen LogP contribution is -2.26. The average molecular weight is 342 g/mol. The van der Waals surface area contributed by atoms with E-state index in [0.717, 1.165) is 42.9 Å². The minimum absolute atomic E-state index is 0.113. The third-order valence-corrected chi connectivity index (χ3v) is 4.43. The van der Waals surface area contributed by atoms with Gasteiger partial charge in [-0.25, -0.2) is 0 Å². The number of carbonyl (C=O) groups excluding carboxylic acids is 1. The highest BCUT2D eigenvalue weighted by atomic mass is 16.5. The standard InChI is InChI=1S/C20H26N2O3/c1-13(2)10-11-24-17-8-6-15(7-9-17)14(3)21-20(23)18-12-19(25-22-18)16-4-5-16/h6-9,12-14,16H,4-5,10-11H2,1-3H3,(H,21,23). The lowest BCUT2D eigenvalue weighted by Gasteiger charge is -2.14. The molecule has 1 amide bonds. The average Bonchev–Trinajstić information content (AvgIpc) is 3.32. The molecule has 1 unspecified atom stereocenters. The summed E-state index contributed by atoms with van der Waals surface area (Å²) in [6, 6.07) is 9.49. The highest BCUT2D eigenvalue weighted by Crippen LogP contribution is 2.40. The summed E-state index contributed by atoms with van der Waals surface area (Å²) < 4.78 is 11.0. The van der Waals surface area contributed by atoms with Crippen molar-refractivity contribution >= 4 is 5.91 Å². The summed E-state index contributed by atoms with van der Waals surface area (Å²) in [5.74, 6) is 2.55. The van der Waals surface area contributed by atoms with Crippen LogP contribution in [0.2, 0.25) is 0 Å². The second-order valence-electron chi connectivity index (χ2n) is 7.18. The Morgan fingerprint density at radius 3 is 2.64 bits per heavy atom. The number of nitrogens with zero attached hydrogens (tertiary/aromatic N) is 1. The Labute approximate surface area is 148 Å². The fourth-order valence-corrected chi connectivity index (χ4v) is 2.58. The summed E-state index contributed by atoms with van der Waals surface area (Å²) in [7, 11) is 0. The Morgan fingerprint density at radius 2 is 2.00 bits per heavy atom. The second-order valence-corrected chi connectivity index (χ2v) is 7.18. The van der Waals surface area contributed by atoms with E-state index in [-0.39, 0.29) is 11.9 Å². The van der Waals surface area contributed by atoms with Crippen molar-refractivity contribution in [2.45, 2.75) is 52.0 Å². The number of carbonyl (C=O) groups is 1. The molecule has 2 aromatic rings. The lowest BCUT2D eigenvalue weighted by atomic mass is 10.1. The second kappa shape index (κ2) is 7.72. The Balaban J connectivity index is 1.52. The quantitative estimate of drug-likeness (QED) is 0.769. The Bertz CT molecular complexity index is 702. The molecule has 0 aliphatic heterocycles. The molecular formula is C20H26N2O3. The summed E-state index contributed by atoms with van der Waals surface area (Å²) >= 11 is 0. The molecule has 0 radical (unpaired) electrons. The van der Waals surface area contributed by atoms with Crippen LogP contribution in [0.5, 0.6) is 5.75 Å². The first-order valence-electron chi connectivity index (χ1n) is 9.03. The van der Waals surface area contributed by atoms with Crippen molar-refractivity contribution in [1.82, 2.24) is 10.5 Å². The van der Waals surface area contributed by atoms with Crippen LogP contribution in [-0.4, -0.2) is 17.7 Å². The monoisotopic (exact) mass is 342 g/mol. The Kier molecular flexibility index (Phi) is 5.41. The normalized spacial score (nSPS) is 15.2. The van der Waals surface area contributed by atoms with Crippen molar-refractivity contribution in [3.8, 4) is 5.75 Å². The molecule has 1 heterocycles. The van der Waals surface area contributed by atoms with Crippen molar-refractivity contribution in [2.24, 2.45) is 5.92 Å². The molecule has 1 N–H and O–H groups in total. The highest BCUT2D eigenvalue weighted by molar-refractivity contribution is 5.92. The molecule has 134 valence electrons. The van der Waals surface area contributed by atoms with Crippen molar-refractivity contribution < 1.29 is 14.1 Å². The molecular weight excluding hydrogens is 316 g/mol. The molecule has 1 aromatic heterocycles. The molecule has 1 aliphatic rings. The molecule has 0 spiro atoms. The largest absolute Gasteiger partial charge is 0.494 e. The van der Waals surface area contributed by atoms with E-state index in [4.69, 9.17) is 9.26 Å². The minimum atomic E-state index is -0.208. The molecule has 1 aromatic carbocycles. The minimum Gasteiger partial charge on any atom is -0.494 e. The third kappa shape index (κ3) is 4.84. The van der Waals surface area contributed by atoms with E-state index >= 15 is 0 Å². The van der Waals surface area contributed by atoms with Crippen LogP contribution >= 0.6 is 0 Å². The van der Waals surface area contributed by atoms with Gasteiger partial charge in [0.25, 0.3) is 5.91 Å². The molecule has 0 saturated heterocycles. The number of benzene rings is 1. The van der Waals surface area contributed by atoms with Gasteiger partial charge in [0.2, 0.25) is 0 Å². The summed E-state index contributed by atoms with van der Waals surface area (Å²) in [6.45, 7) is 7.03. The topological polar surface area (TPSA) is 64.4 Å². The number of hydrogen-bond acceptors (Lipinski definition) is 4. The van der Waals surface area contributed by atoms with Gasteiger partial charge in [-0.3, -0.25) is 4.79 Å². The van der Waals surface area contributed by atoms with Crippen LogP contribution in [-0.2, 0) is 0 Å². The maximum absolute atomic E-state index is 12.3. The first-order valence-corrected chi connectivity index (χ1v) is 9.03. The van der Waals surface area contributed by atoms with Gasteiger partial charge in [0.1, 0.15) is 11.5 Å². The summed E-state index contributed by atoms with van der Waals surface area (Å²) in [4.78, 5) is 12.3. The number of nitrogens with one attached hydrogen (secondary N) is 1. The van der Waals surface area contributed by atoms with Crippen molar-refractivity contribution in [1.29, 1.82) is 0 Å². The zero-order valence-electron chi connectivity index (χ0n) is 15.1. The first-order chi connectivity index (χ1) is 12.0. The van der Waals surface area contributed by atoms with Crippen LogP contribution in [0, 0.1) is 5.92 Å². The molecule has 3 rings (SSSR count). The zero-order valence-corrected chi connectivity index (χ0v) is 15.1. The molecule has 1 fully saturated rings. The van der Waals surface area contributed by atoms with Gasteiger partial charge in [-0.1, -0.05) is 31.1 Å². The summed E-state index contributed by atoms with van der Waals surface area (Å²) in [5.41, 5.74) is 1.37. The van der Waals surface area contributed by atoms with Gasteiger partial charge in [0.05, 0.1) is 12.6 Å². The van der Waals surface area contributed by atoms with E-state index in [1.807, 2.05) is 31.2 Å². The molecule has 0 bridgehead atoms. The molecule has 1 saturated carbocycles. The molecule has 5 heteroatoms. The van der Waals surface area contributed by atoms with E-state index in [9.17, 15) is 4.79 Å². The highest BCUT2D eigenvalue weighted by Gasteiger charge is 2.29. The summed E-state index contributed by atoms with van der Waals surface area (Å²) in [5, 5.41) is 6.84. The fourth-order valence-electron chi connectivity index (χ4n) is 2.58. The van der Waals surface area contributed by atoms with E-state index in [1.165, 1.54) is 0 Å². The van der Waals surface area contributed by atoms with Crippen molar-refractivity contribution in [2.75, 3.05) is 6.61 Å². The summed E-state index contributed by atoms with van der Waals surface area (Å²) in [6.07, 6.45) is 3.28. The maximum Gasteiger partial charge on any atom is 0.273 e. The third-order valence-electron chi connectivity index (χ3n) is 4.43. The van der Waals surface area contributed by atoms with Gasteiger partial charge in [0.15, 0.2) is 5.69 Å². The maximum atomic E-state index is 12.3. The molecule has 1 aliphatic carbocycles. The van der Waals surface area contributed by atoms with E-state index in [1.54, 1.807) is 6.07 Å². The SMILES string of the molecule is CC(C)CCOc1ccc(C(C)NC(=O)c2cc(C3CC3)on2)cc1. The fraction of sp³-hybridized carbons (Fsp3) is 0.500. The van der Waals surface area contributed by atoms with Crippen LogP contribution in [0.1, 0.15) is 73.8 Å². The van der Waals surface area contributed by atoms with Gasteiger partial charge < -0.3 is 14.6 Å². The predicted molar refractivity (Wildman–Crippen MR) is 95.8 cm³/mol. The van der Waals surface area contributed by atoms with Crippen molar-refractivity contribution in [3.05, 3.63) is 47.3 Å². The van der Waals surface area contributed by atoms with Crippen molar-refractivity contribution in [3.63, 3.8) is 0 Å².